The lowest BCUT2D eigenvalue weighted by molar-refractivity contribution is -0.136. The number of aliphatic hydroxyl groups is 3. The summed E-state index contributed by atoms with van der Waals surface area (Å²) in [6.07, 6.45) is -3.36. The highest BCUT2D eigenvalue weighted by Crippen LogP contribution is 2.22. The van der Waals surface area contributed by atoms with E-state index in [4.69, 9.17) is 10.2 Å². The highest BCUT2D eigenvalue weighted by Gasteiger charge is 2.21. The van der Waals surface area contributed by atoms with Crippen molar-refractivity contribution in [1.82, 2.24) is 0 Å². The predicted molar refractivity (Wildman–Crippen MR) is 55.8 cm³/mol. The third kappa shape index (κ3) is 3.48. The van der Waals surface area contributed by atoms with Crippen molar-refractivity contribution in [1.29, 1.82) is 0 Å². The quantitative estimate of drug-likeness (QED) is 0.577. The van der Waals surface area contributed by atoms with Crippen LogP contribution < -0.4 is 0 Å². The Kier molecular flexibility index (Phi) is 4.56. The summed E-state index contributed by atoms with van der Waals surface area (Å²) >= 11 is 0. The van der Waals surface area contributed by atoms with Crippen LogP contribution in [-0.2, 0) is 11.2 Å². The second-order valence-electron chi connectivity index (χ2n) is 3.61. The van der Waals surface area contributed by atoms with Crippen LogP contribution in [0.5, 0.6) is 0 Å². The molecule has 5 nitrogen and oxygen atoms in total. The van der Waals surface area contributed by atoms with E-state index in [1.807, 2.05) is 0 Å². The van der Waals surface area contributed by atoms with E-state index in [9.17, 15) is 19.4 Å². The van der Waals surface area contributed by atoms with Gasteiger partial charge in [-0.05, 0) is 23.3 Å². The third-order valence-corrected chi connectivity index (χ3v) is 2.32. The molecule has 94 valence electrons. The molecule has 0 fully saturated rings. The smallest absolute Gasteiger partial charge is 0.307 e. The zero-order valence-corrected chi connectivity index (χ0v) is 8.88. The summed E-state index contributed by atoms with van der Waals surface area (Å²) in [5.74, 6) is -1.81. The van der Waals surface area contributed by atoms with Crippen LogP contribution in [0.25, 0.3) is 0 Å². The van der Waals surface area contributed by atoms with E-state index in [0.29, 0.717) is 0 Å². The van der Waals surface area contributed by atoms with Gasteiger partial charge in [-0.15, -0.1) is 0 Å². The van der Waals surface area contributed by atoms with Gasteiger partial charge in [-0.2, -0.15) is 0 Å². The SMILES string of the molecule is O=C(O)Cc1cc(F)ccc1C(O)C(O)CO. The van der Waals surface area contributed by atoms with Gasteiger partial charge < -0.3 is 20.4 Å². The van der Waals surface area contributed by atoms with Crippen molar-refractivity contribution in [2.45, 2.75) is 18.6 Å². The average molecular weight is 244 g/mol. The van der Waals surface area contributed by atoms with E-state index < -0.39 is 37.0 Å². The molecule has 17 heavy (non-hydrogen) atoms. The number of carbonyl (C=O) groups is 1. The van der Waals surface area contributed by atoms with Crippen LogP contribution in [-0.4, -0.2) is 39.1 Å². The summed E-state index contributed by atoms with van der Waals surface area (Å²) in [5.41, 5.74) is 0.160. The first-order chi connectivity index (χ1) is 7.95. The number of aliphatic carboxylic acids is 1. The van der Waals surface area contributed by atoms with Crippen LogP contribution in [0, 0.1) is 5.82 Å². The fourth-order valence-electron chi connectivity index (χ4n) is 1.49. The fourth-order valence-corrected chi connectivity index (χ4v) is 1.49. The fraction of sp³-hybridized carbons (Fsp3) is 0.364. The highest BCUT2D eigenvalue weighted by atomic mass is 19.1. The number of benzene rings is 1. The van der Waals surface area contributed by atoms with Crippen molar-refractivity contribution in [2.24, 2.45) is 0 Å². The van der Waals surface area contributed by atoms with Crippen LogP contribution >= 0.6 is 0 Å². The summed E-state index contributed by atoms with van der Waals surface area (Å²) in [7, 11) is 0. The minimum absolute atomic E-state index is 0.0671. The average Bonchev–Trinajstić information content (AvgIpc) is 2.26. The Morgan fingerprint density at radius 3 is 2.53 bits per heavy atom. The Hall–Kier alpha value is -1.50. The monoisotopic (exact) mass is 244 g/mol. The summed E-state index contributed by atoms with van der Waals surface area (Å²) < 4.78 is 13.0. The number of carboxylic acids is 1. The van der Waals surface area contributed by atoms with Gasteiger partial charge in [0.2, 0.25) is 0 Å². The Balaban J connectivity index is 3.09. The van der Waals surface area contributed by atoms with Gasteiger partial charge in [-0.25, -0.2) is 4.39 Å². The predicted octanol–water partition coefficient (Wildman–Crippen LogP) is -0.161. The van der Waals surface area contributed by atoms with Crippen molar-refractivity contribution >= 4 is 5.97 Å². The summed E-state index contributed by atoms with van der Waals surface area (Å²) in [6, 6.07) is 3.22. The number of halogens is 1. The largest absolute Gasteiger partial charge is 0.481 e. The molecule has 0 aromatic heterocycles. The number of hydrogen-bond donors (Lipinski definition) is 4. The molecule has 0 saturated carbocycles. The molecule has 4 N–H and O–H groups in total. The zero-order valence-electron chi connectivity index (χ0n) is 8.88. The highest BCUT2D eigenvalue weighted by molar-refractivity contribution is 5.70. The maximum Gasteiger partial charge on any atom is 0.307 e. The third-order valence-electron chi connectivity index (χ3n) is 2.32. The molecule has 6 heteroatoms. The van der Waals surface area contributed by atoms with Gasteiger partial charge in [0, 0.05) is 0 Å². The molecule has 0 aliphatic heterocycles. The summed E-state index contributed by atoms with van der Waals surface area (Å²) in [5, 5.41) is 36.3. The maximum atomic E-state index is 13.0. The van der Waals surface area contributed by atoms with Crippen LogP contribution in [0.1, 0.15) is 17.2 Å². The van der Waals surface area contributed by atoms with Crippen molar-refractivity contribution in [2.75, 3.05) is 6.61 Å². The number of aliphatic hydroxyl groups excluding tert-OH is 3. The first-order valence-corrected chi connectivity index (χ1v) is 4.92. The standard InChI is InChI=1S/C11H13FO5/c12-7-1-2-8(11(17)9(14)5-13)6(3-7)4-10(15)16/h1-3,9,11,13-14,17H,4-5H2,(H,15,16). The van der Waals surface area contributed by atoms with Gasteiger partial charge in [-0.1, -0.05) is 6.07 Å². The molecule has 0 aliphatic carbocycles. The lowest BCUT2D eigenvalue weighted by Crippen LogP contribution is -2.23. The van der Waals surface area contributed by atoms with Crippen molar-refractivity contribution in [3.8, 4) is 0 Å². The van der Waals surface area contributed by atoms with Crippen LogP contribution in [0.15, 0.2) is 18.2 Å². The Bertz CT molecular complexity index is 407. The zero-order chi connectivity index (χ0) is 13.0. The number of hydrogen-bond acceptors (Lipinski definition) is 4. The van der Waals surface area contributed by atoms with Gasteiger partial charge in [0.1, 0.15) is 18.0 Å². The minimum Gasteiger partial charge on any atom is -0.481 e. The first-order valence-electron chi connectivity index (χ1n) is 4.92. The van der Waals surface area contributed by atoms with Crippen LogP contribution in [0.2, 0.25) is 0 Å². The van der Waals surface area contributed by atoms with Gasteiger partial charge >= 0.3 is 5.97 Å². The molecular weight excluding hydrogens is 231 g/mol. The molecule has 1 aromatic carbocycles. The van der Waals surface area contributed by atoms with Crippen molar-refractivity contribution in [3.63, 3.8) is 0 Å². The number of rotatable bonds is 5. The molecule has 2 unspecified atom stereocenters. The van der Waals surface area contributed by atoms with Gasteiger partial charge in [-0.3, -0.25) is 4.79 Å². The first kappa shape index (κ1) is 13.6. The van der Waals surface area contributed by atoms with E-state index in [1.54, 1.807) is 0 Å². The lowest BCUT2D eigenvalue weighted by Gasteiger charge is -2.18. The van der Waals surface area contributed by atoms with E-state index in [-0.39, 0.29) is 11.1 Å². The van der Waals surface area contributed by atoms with Gasteiger partial charge in [0.05, 0.1) is 13.0 Å². The minimum atomic E-state index is -1.45. The van der Waals surface area contributed by atoms with E-state index in [2.05, 4.69) is 0 Å². The molecule has 0 saturated heterocycles. The van der Waals surface area contributed by atoms with Crippen molar-refractivity contribution < 1.29 is 29.6 Å². The van der Waals surface area contributed by atoms with E-state index >= 15 is 0 Å². The second-order valence-corrected chi connectivity index (χ2v) is 3.61. The molecule has 0 amide bonds. The number of carboxylic acid groups (broad SMARTS) is 1. The van der Waals surface area contributed by atoms with Gasteiger partial charge in [0.15, 0.2) is 0 Å². The molecule has 0 radical (unpaired) electrons. The van der Waals surface area contributed by atoms with Gasteiger partial charge in [0.25, 0.3) is 0 Å². The van der Waals surface area contributed by atoms with Crippen molar-refractivity contribution in [3.05, 3.63) is 35.1 Å². The summed E-state index contributed by atoms with van der Waals surface area (Å²) in [6.45, 7) is -0.676. The molecule has 0 spiro atoms. The topological polar surface area (TPSA) is 98.0 Å². The molecule has 1 rings (SSSR count). The summed E-state index contributed by atoms with van der Waals surface area (Å²) in [4.78, 5) is 10.6. The second kappa shape index (κ2) is 5.72. The maximum absolute atomic E-state index is 13.0. The molecule has 1 aromatic rings. The molecule has 2 atom stereocenters. The lowest BCUT2D eigenvalue weighted by atomic mass is 9.97. The molecule has 0 bridgehead atoms. The molecule has 0 aliphatic rings. The van der Waals surface area contributed by atoms with Crippen LogP contribution in [0.3, 0.4) is 0 Å². The Labute approximate surface area is 96.8 Å². The Morgan fingerprint density at radius 1 is 1.35 bits per heavy atom. The van der Waals surface area contributed by atoms with E-state index in [1.165, 1.54) is 6.07 Å². The Morgan fingerprint density at radius 2 is 2.00 bits per heavy atom. The molecule has 0 heterocycles. The van der Waals surface area contributed by atoms with E-state index in [0.717, 1.165) is 12.1 Å². The molecular formula is C11H13FO5. The van der Waals surface area contributed by atoms with Crippen LogP contribution in [0.4, 0.5) is 4.39 Å². The normalized spacial score (nSPS) is 14.4.